The molecule has 0 N–H and O–H groups in total. The van der Waals surface area contributed by atoms with Crippen LogP contribution >= 0.6 is 0 Å². The summed E-state index contributed by atoms with van der Waals surface area (Å²) in [5.41, 5.74) is 2.18. The van der Waals surface area contributed by atoms with Crippen molar-refractivity contribution >= 4 is 27.6 Å². The van der Waals surface area contributed by atoms with E-state index in [0.29, 0.717) is 59.4 Å². The number of carbonyl (C=O) groups excluding carboxylic acids is 1. The van der Waals surface area contributed by atoms with Crippen molar-refractivity contribution in [3.8, 4) is 17.1 Å². The summed E-state index contributed by atoms with van der Waals surface area (Å²) in [6, 6.07) is 11.8. The van der Waals surface area contributed by atoms with Gasteiger partial charge in [0, 0.05) is 66.6 Å². The third kappa shape index (κ3) is 4.24. The molecule has 1 aliphatic heterocycles. The van der Waals surface area contributed by atoms with E-state index in [4.69, 9.17) is 4.74 Å². The van der Waals surface area contributed by atoms with E-state index in [2.05, 4.69) is 9.97 Å². The zero-order chi connectivity index (χ0) is 23.7. The number of amides is 1. The molecular weight excluding hydrogens is 455 g/mol. The summed E-state index contributed by atoms with van der Waals surface area (Å²) in [4.78, 5) is 24.4. The molecule has 2 aromatic carbocycles. The molecule has 4 aromatic rings. The lowest BCUT2D eigenvalue weighted by Gasteiger charge is -2.19. The lowest BCUT2D eigenvalue weighted by atomic mass is 10.1. The van der Waals surface area contributed by atoms with Gasteiger partial charge in [0.25, 0.3) is 5.91 Å². The van der Waals surface area contributed by atoms with Crippen LogP contribution in [0.5, 0.6) is 0 Å². The Labute approximate surface area is 198 Å². The molecule has 1 aliphatic rings. The Bertz CT molecular complexity index is 1380. The van der Waals surface area contributed by atoms with E-state index in [1.165, 1.54) is 6.07 Å². The third-order valence-corrected chi connectivity index (χ3v) is 6.82. The van der Waals surface area contributed by atoms with E-state index in [-0.39, 0.29) is 11.7 Å². The van der Waals surface area contributed by atoms with Gasteiger partial charge >= 0.3 is 0 Å². The summed E-state index contributed by atoms with van der Waals surface area (Å²) in [5, 5.41) is 0.762. The molecule has 0 saturated carbocycles. The summed E-state index contributed by atoms with van der Waals surface area (Å²) in [7, 11) is -1.26. The van der Waals surface area contributed by atoms with E-state index in [9.17, 15) is 13.4 Å². The van der Waals surface area contributed by atoms with Gasteiger partial charge in [-0.2, -0.15) is 0 Å². The lowest BCUT2D eigenvalue weighted by molar-refractivity contribution is 0.0741. The minimum atomic E-state index is -1.26. The maximum absolute atomic E-state index is 14.2. The first-order valence-electron chi connectivity index (χ1n) is 11.0. The van der Waals surface area contributed by atoms with Crippen LogP contribution in [-0.2, 0) is 15.5 Å². The molecule has 5 rings (SSSR count). The van der Waals surface area contributed by atoms with Gasteiger partial charge in [0.15, 0.2) is 0 Å². The third-order valence-electron chi connectivity index (χ3n) is 5.87. The number of fused-ring (bicyclic) bond motifs is 1. The summed E-state index contributed by atoms with van der Waals surface area (Å²) < 4.78 is 33.8. The molecule has 1 fully saturated rings. The fourth-order valence-electron chi connectivity index (χ4n) is 4.13. The molecule has 0 bridgehead atoms. The number of hydrogen-bond acceptors (Lipinski definition) is 5. The Morgan fingerprint density at radius 2 is 1.88 bits per heavy atom. The molecule has 1 unspecified atom stereocenters. The molecule has 3 heterocycles. The molecular formula is C25H23FN4O3S. The standard InChI is InChI=1S/C25H23FN4O3S/c1-34(32)23-16-30(25-27-14-18(15-28-25)19-5-2-3-6-21(19)26)22-13-17(7-8-20(22)23)24(31)29-9-4-11-33-12-10-29/h2-3,5-8,13-16H,4,9-12H2,1H3. The van der Waals surface area contributed by atoms with Gasteiger partial charge in [0.05, 0.1) is 27.8 Å². The highest BCUT2D eigenvalue weighted by Crippen LogP contribution is 2.28. The number of hydrogen-bond donors (Lipinski definition) is 0. The van der Waals surface area contributed by atoms with Crippen LogP contribution in [-0.4, -0.2) is 62.1 Å². The summed E-state index contributed by atoms with van der Waals surface area (Å²) in [6.45, 7) is 2.36. The van der Waals surface area contributed by atoms with Gasteiger partial charge in [-0.15, -0.1) is 0 Å². The van der Waals surface area contributed by atoms with Crippen LogP contribution in [0.15, 0.2) is 66.0 Å². The highest BCUT2D eigenvalue weighted by atomic mass is 32.2. The average Bonchev–Trinajstić information content (AvgIpc) is 3.02. The number of carbonyl (C=O) groups is 1. The first-order valence-corrected chi connectivity index (χ1v) is 12.5. The number of nitrogens with zero attached hydrogens (tertiary/aromatic N) is 4. The van der Waals surface area contributed by atoms with Gasteiger partial charge in [-0.1, -0.05) is 24.3 Å². The second kappa shape index (κ2) is 9.44. The second-order valence-corrected chi connectivity index (χ2v) is 9.41. The van der Waals surface area contributed by atoms with Crippen LogP contribution in [0.4, 0.5) is 4.39 Å². The van der Waals surface area contributed by atoms with Crippen LogP contribution in [0.3, 0.4) is 0 Å². The molecule has 0 aliphatic carbocycles. The summed E-state index contributed by atoms with van der Waals surface area (Å²) in [6.07, 6.45) is 7.25. The fraction of sp³-hybridized carbons (Fsp3) is 0.240. The lowest BCUT2D eigenvalue weighted by Crippen LogP contribution is -2.33. The van der Waals surface area contributed by atoms with E-state index in [1.807, 2.05) is 6.07 Å². The average molecular weight is 479 g/mol. The summed E-state index contributed by atoms with van der Waals surface area (Å²) >= 11 is 0. The number of ether oxygens (including phenoxy) is 1. The minimum absolute atomic E-state index is 0.0739. The van der Waals surface area contributed by atoms with Crippen LogP contribution in [0, 0.1) is 5.82 Å². The highest BCUT2D eigenvalue weighted by molar-refractivity contribution is 7.84. The Balaban J connectivity index is 1.56. The van der Waals surface area contributed by atoms with Gasteiger partial charge < -0.3 is 9.64 Å². The van der Waals surface area contributed by atoms with Crippen molar-refractivity contribution in [1.82, 2.24) is 19.4 Å². The monoisotopic (exact) mass is 478 g/mol. The topological polar surface area (TPSA) is 77.3 Å². The molecule has 1 atom stereocenters. The maximum Gasteiger partial charge on any atom is 0.254 e. The second-order valence-electron chi connectivity index (χ2n) is 8.06. The van der Waals surface area contributed by atoms with Gasteiger partial charge in [-0.3, -0.25) is 13.6 Å². The quantitative estimate of drug-likeness (QED) is 0.446. The van der Waals surface area contributed by atoms with Crippen molar-refractivity contribution in [1.29, 1.82) is 0 Å². The Hall–Kier alpha value is -3.43. The largest absolute Gasteiger partial charge is 0.380 e. The Morgan fingerprint density at radius 1 is 1.09 bits per heavy atom. The van der Waals surface area contributed by atoms with Crippen molar-refractivity contribution in [2.45, 2.75) is 11.3 Å². The summed E-state index contributed by atoms with van der Waals surface area (Å²) in [5.74, 6) is -0.0827. The smallest absolute Gasteiger partial charge is 0.254 e. The predicted molar refractivity (Wildman–Crippen MR) is 128 cm³/mol. The highest BCUT2D eigenvalue weighted by Gasteiger charge is 2.21. The first kappa shape index (κ1) is 22.4. The maximum atomic E-state index is 14.2. The first-order chi connectivity index (χ1) is 16.5. The van der Waals surface area contributed by atoms with Gasteiger partial charge in [0.2, 0.25) is 5.95 Å². The SMILES string of the molecule is CS(=O)c1cn(-c2ncc(-c3ccccc3F)cn2)c2cc(C(=O)N3CCCOCC3)ccc12. The van der Waals surface area contributed by atoms with Crippen molar-refractivity contribution in [3.63, 3.8) is 0 Å². The van der Waals surface area contributed by atoms with Gasteiger partial charge in [0.1, 0.15) is 5.82 Å². The van der Waals surface area contributed by atoms with Crippen molar-refractivity contribution in [2.75, 3.05) is 32.6 Å². The fourth-order valence-corrected chi connectivity index (χ4v) is 4.87. The molecule has 7 nitrogen and oxygen atoms in total. The normalized spacial score (nSPS) is 15.3. The van der Waals surface area contributed by atoms with Crippen LogP contribution in [0.2, 0.25) is 0 Å². The number of aromatic nitrogens is 3. The molecule has 1 amide bonds. The van der Waals surface area contributed by atoms with Crippen molar-refractivity contribution in [2.24, 2.45) is 0 Å². The zero-order valence-electron chi connectivity index (χ0n) is 18.6. The number of benzene rings is 2. The number of halogens is 1. The van der Waals surface area contributed by atoms with Gasteiger partial charge in [-0.05, 0) is 24.6 Å². The molecule has 174 valence electrons. The van der Waals surface area contributed by atoms with Crippen LogP contribution in [0.1, 0.15) is 16.8 Å². The van der Waals surface area contributed by atoms with E-state index in [0.717, 1.165) is 11.8 Å². The molecule has 0 spiro atoms. The molecule has 9 heteroatoms. The molecule has 34 heavy (non-hydrogen) atoms. The Morgan fingerprint density at radius 3 is 2.65 bits per heavy atom. The minimum Gasteiger partial charge on any atom is -0.380 e. The molecule has 0 radical (unpaired) electrons. The zero-order valence-corrected chi connectivity index (χ0v) is 19.4. The van der Waals surface area contributed by atoms with Crippen LogP contribution < -0.4 is 0 Å². The van der Waals surface area contributed by atoms with E-state index in [1.54, 1.807) is 64.6 Å². The Kier molecular flexibility index (Phi) is 6.21. The van der Waals surface area contributed by atoms with E-state index >= 15 is 0 Å². The molecule has 2 aromatic heterocycles. The van der Waals surface area contributed by atoms with Gasteiger partial charge in [-0.25, -0.2) is 14.4 Å². The van der Waals surface area contributed by atoms with E-state index < -0.39 is 10.8 Å². The van der Waals surface area contributed by atoms with Crippen molar-refractivity contribution < 1.29 is 18.1 Å². The van der Waals surface area contributed by atoms with Crippen molar-refractivity contribution in [3.05, 3.63) is 72.4 Å². The molecule has 1 saturated heterocycles. The van der Waals surface area contributed by atoms with Crippen LogP contribution in [0.25, 0.3) is 28.0 Å². The number of rotatable bonds is 4. The predicted octanol–water partition coefficient (Wildman–Crippen LogP) is 3.83.